The van der Waals surface area contributed by atoms with E-state index in [0.29, 0.717) is 31.0 Å². The van der Waals surface area contributed by atoms with Crippen molar-refractivity contribution in [3.63, 3.8) is 0 Å². The Morgan fingerprint density at radius 2 is 1.89 bits per heavy atom. The molecule has 0 unspecified atom stereocenters. The summed E-state index contributed by atoms with van der Waals surface area (Å²) < 4.78 is 5.67. The molecule has 1 spiro atoms. The van der Waals surface area contributed by atoms with Crippen LogP contribution in [0.15, 0.2) is 24.3 Å². The van der Waals surface area contributed by atoms with Crippen molar-refractivity contribution in [1.82, 2.24) is 9.80 Å². The van der Waals surface area contributed by atoms with E-state index in [4.69, 9.17) is 4.74 Å². The summed E-state index contributed by atoms with van der Waals surface area (Å²) >= 11 is 0. The Balaban J connectivity index is 1.85. The Morgan fingerprint density at radius 3 is 2.52 bits per heavy atom. The second-order valence-electron chi connectivity index (χ2n) is 7.79. The number of benzene rings is 1. The highest BCUT2D eigenvalue weighted by molar-refractivity contribution is 5.97. The topological polar surface area (TPSA) is 49.9 Å². The molecular formula is C22H32N2O3. The maximum absolute atomic E-state index is 13.3. The van der Waals surface area contributed by atoms with Crippen LogP contribution in [-0.4, -0.2) is 52.9 Å². The Hall–Kier alpha value is -2.04. The molecule has 0 aromatic heterocycles. The monoisotopic (exact) mass is 372 g/mol. The van der Waals surface area contributed by atoms with Gasteiger partial charge in [0.2, 0.25) is 5.91 Å². The summed E-state index contributed by atoms with van der Waals surface area (Å²) in [6.45, 7) is 7.42. The van der Waals surface area contributed by atoms with Gasteiger partial charge >= 0.3 is 0 Å². The lowest BCUT2D eigenvalue weighted by molar-refractivity contribution is -0.134. The average molecular weight is 373 g/mol. The van der Waals surface area contributed by atoms with Crippen molar-refractivity contribution >= 4 is 11.8 Å². The Kier molecular flexibility index (Phi) is 6.08. The van der Waals surface area contributed by atoms with Crippen LogP contribution in [0.5, 0.6) is 5.75 Å². The van der Waals surface area contributed by atoms with Gasteiger partial charge in [-0.15, -0.1) is 0 Å². The standard InChI is InChI=1S/C22H32N2O3/c1-4-23(21(26)19-11-7-8-12-20(19)27-5-2)18-15-22(13-9-6-10-14-22)24(16-18)17(3)25/h7-8,11-12,18H,4-6,9-10,13-16H2,1-3H3/t18-/m0/s1. The fourth-order valence-electron chi connectivity index (χ4n) is 5.02. The zero-order chi connectivity index (χ0) is 19.4. The van der Waals surface area contributed by atoms with Gasteiger partial charge in [0.25, 0.3) is 5.91 Å². The van der Waals surface area contributed by atoms with E-state index in [9.17, 15) is 9.59 Å². The minimum absolute atomic E-state index is 0.00270. The number of ether oxygens (including phenoxy) is 1. The summed E-state index contributed by atoms with van der Waals surface area (Å²) in [7, 11) is 0. The molecule has 1 atom stereocenters. The molecule has 27 heavy (non-hydrogen) atoms. The van der Waals surface area contributed by atoms with E-state index >= 15 is 0 Å². The molecule has 148 valence electrons. The SMILES string of the molecule is CCOc1ccccc1C(=O)N(CC)[C@@H]1CN(C(C)=O)C2(CCCCC2)C1. The van der Waals surface area contributed by atoms with Crippen molar-refractivity contribution < 1.29 is 14.3 Å². The lowest BCUT2D eigenvalue weighted by atomic mass is 9.79. The van der Waals surface area contributed by atoms with Crippen LogP contribution in [0.3, 0.4) is 0 Å². The second-order valence-corrected chi connectivity index (χ2v) is 7.79. The smallest absolute Gasteiger partial charge is 0.257 e. The van der Waals surface area contributed by atoms with Crippen LogP contribution in [0.25, 0.3) is 0 Å². The highest BCUT2D eigenvalue weighted by atomic mass is 16.5. The first-order valence-corrected chi connectivity index (χ1v) is 10.3. The van der Waals surface area contributed by atoms with Crippen molar-refractivity contribution in [3.05, 3.63) is 29.8 Å². The van der Waals surface area contributed by atoms with Gasteiger partial charge in [0.1, 0.15) is 5.75 Å². The molecule has 1 aromatic carbocycles. The molecule has 0 N–H and O–H groups in total. The number of rotatable bonds is 5. The number of hydrogen-bond acceptors (Lipinski definition) is 3. The largest absolute Gasteiger partial charge is 0.493 e. The molecule has 5 nitrogen and oxygen atoms in total. The molecule has 1 heterocycles. The average Bonchev–Trinajstić information content (AvgIpc) is 3.02. The highest BCUT2D eigenvalue weighted by Gasteiger charge is 2.49. The summed E-state index contributed by atoms with van der Waals surface area (Å²) in [5.74, 6) is 0.776. The number of amides is 2. The molecule has 0 bridgehead atoms. The summed E-state index contributed by atoms with van der Waals surface area (Å²) in [6, 6.07) is 7.53. The third-order valence-electron chi connectivity index (χ3n) is 6.21. The molecule has 1 saturated carbocycles. The summed E-state index contributed by atoms with van der Waals surface area (Å²) in [6.07, 6.45) is 6.60. The zero-order valence-corrected chi connectivity index (χ0v) is 16.9. The second kappa shape index (κ2) is 8.32. The van der Waals surface area contributed by atoms with Crippen LogP contribution in [0, 0.1) is 0 Å². The first kappa shape index (κ1) is 19.7. The van der Waals surface area contributed by atoms with Crippen molar-refractivity contribution in [2.75, 3.05) is 19.7 Å². The van der Waals surface area contributed by atoms with Crippen molar-refractivity contribution in [2.24, 2.45) is 0 Å². The summed E-state index contributed by atoms with van der Waals surface area (Å²) in [5, 5.41) is 0. The normalized spacial score (nSPS) is 21.3. The van der Waals surface area contributed by atoms with E-state index in [1.807, 2.05) is 43.0 Å². The summed E-state index contributed by atoms with van der Waals surface area (Å²) in [5.41, 5.74) is 0.558. The Morgan fingerprint density at radius 1 is 1.19 bits per heavy atom. The maximum Gasteiger partial charge on any atom is 0.257 e. The van der Waals surface area contributed by atoms with Gasteiger partial charge in [-0.25, -0.2) is 0 Å². The van der Waals surface area contributed by atoms with Gasteiger partial charge in [0.15, 0.2) is 0 Å². The number of nitrogens with zero attached hydrogens (tertiary/aromatic N) is 2. The van der Waals surface area contributed by atoms with Gasteiger partial charge in [-0.1, -0.05) is 31.4 Å². The minimum Gasteiger partial charge on any atom is -0.493 e. The molecule has 5 heteroatoms. The van der Waals surface area contributed by atoms with Gasteiger partial charge in [0, 0.05) is 25.6 Å². The molecular weight excluding hydrogens is 340 g/mol. The van der Waals surface area contributed by atoms with Crippen LogP contribution >= 0.6 is 0 Å². The third-order valence-corrected chi connectivity index (χ3v) is 6.21. The van der Waals surface area contributed by atoms with Crippen LogP contribution in [0.1, 0.15) is 69.7 Å². The molecule has 2 fully saturated rings. The van der Waals surface area contributed by atoms with Crippen molar-refractivity contribution in [1.29, 1.82) is 0 Å². The predicted octanol–water partition coefficient (Wildman–Crippen LogP) is 3.87. The lowest BCUT2D eigenvalue weighted by Crippen LogP contribution is -2.47. The van der Waals surface area contributed by atoms with Gasteiger partial charge < -0.3 is 14.5 Å². The minimum atomic E-state index is -0.0537. The van der Waals surface area contributed by atoms with E-state index in [-0.39, 0.29) is 23.4 Å². The fraction of sp³-hybridized carbons (Fsp3) is 0.636. The molecule has 2 aliphatic rings. The lowest BCUT2D eigenvalue weighted by Gasteiger charge is -2.41. The summed E-state index contributed by atoms with van der Waals surface area (Å²) in [4.78, 5) is 29.7. The first-order valence-electron chi connectivity index (χ1n) is 10.3. The Labute approximate surface area is 162 Å². The van der Waals surface area contributed by atoms with Gasteiger partial charge in [-0.05, 0) is 45.2 Å². The number of carbonyl (C=O) groups excluding carboxylic acids is 2. The van der Waals surface area contributed by atoms with Crippen LogP contribution in [-0.2, 0) is 4.79 Å². The number of carbonyl (C=O) groups is 2. The van der Waals surface area contributed by atoms with Crippen LogP contribution in [0.4, 0.5) is 0 Å². The number of hydrogen-bond donors (Lipinski definition) is 0. The third kappa shape index (κ3) is 3.83. The van der Waals surface area contributed by atoms with E-state index in [1.165, 1.54) is 19.3 Å². The van der Waals surface area contributed by atoms with E-state index in [2.05, 4.69) is 4.90 Å². The molecule has 0 radical (unpaired) electrons. The van der Waals surface area contributed by atoms with Gasteiger partial charge in [-0.2, -0.15) is 0 Å². The molecule has 1 aliphatic heterocycles. The maximum atomic E-state index is 13.3. The quantitative estimate of drug-likeness (QED) is 0.788. The molecule has 1 aromatic rings. The van der Waals surface area contributed by atoms with Crippen LogP contribution in [0.2, 0.25) is 0 Å². The predicted molar refractivity (Wildman–Crippen MR) is 106 cm³/mol. The fourth-order valence-corrected chi connectivity index (χ4v) is 5.02. The van der Waals surface area contributed by atoms with Gasteiger partial charge in [0.05, 0.1) is 18.2 Å². The van der Waals surface area contributed by atoms with Crippen molar-refractivity contribution in [2.45, 2.75) is 70.9 Å². The molecule has 2 amide bonds. The highest BCUT2D eigenvalue weighted by Crippen LogP contribution is 2.43. The van der Waals surface area contributed by atoms with Crippen molar-refractivity contribution in [3.8, 4) is 5.75 Å². The zero-order valence-electron chi connectivity index (χ0n) is 16.9. The molecule has 3 rings (SSSR count). The molecule has 1 aliphatic carbocycles. The molecule has 1 saturated heterocycles. The first-order chi connectivity index (χ1) is 13.0. The van der Waals surface area contributed by atoms with E-state index in [0.717, 1.165) is 19.3 Å². The van der Waals surface area contributed by atoms with E-state index in [1.54, 1.807) is 6.92 Å². The number of likely N-dealkylation sites (N-methyl/N-ethyl adjacent to an activating group) is 1. The number of likely N-dealkylation sites (tertiary alicyclic amines) is 1. The van der Waals surface area contributed by atoms with Crippen LogP contribution < -0.4 is 4.74 Å². The van der Waals surface area contributed by atoms with Gasteiger partial charge in [-0.3, -0.25) is 9.59 Å². The van der Waals surface area contributed by atoms with E-state index < -0.39 is 0 Å². The Bertz CT molecular complexity index is 682. The number of para-hydroxylation sites is 1.